The maximum absolute atomic E-state index is 12.8. The number of piperazine rings is 1. The van der Waals surface area contributed by atoms with Gasteiger partial charge in [0, 0.05) is 25.2 Å². The molecule has 1 aromatic rings. The molecule has 0 saturated carbocycles. The van der Waals surface area contributed by atoms with Crippen LogP contribution in [0.4, 0.5) is 0 Å². The molecule has 8 nitrogen and oxygen atoms in total. The van der Waals surface area contributed by atoms with E-state index in [2.05, 4.69) is 10.6 Å². The predicted molar refractivity (Wildman–Crippen MR) is 105 cm³/mol. The summed E-state index contributed by atoms with van der Waals surface area (Å²) in [6.45, 7) is 6.26. The molecular formula is C17H27ClN4O4S. The molecule has 152 valence electrons. The molecule has 1 heterocycles. The highest BCUT2D eigenvalue weighted by Crippen LogP contribution is 2.20. The molecule has 2 amide bonds. The molecule has 2 rings (SSSR count). The lowest BCUT2D eigenvalue weighted by Crippen LogP contribution is -2.55. The molecule has 1 unspecified atom stereocenters. The molecule has 0 aromatic heterocycles. The Hall–Kier alpha value is -1.68. The number of nitrogens with zero attached hydrogens (tertiary/aromatic N) is 1. The molecule has 1 fully saturated rings. The zero-order valence-electron chi connectivity index (χ0n) is 15.7. The molecule has 0 spiro atoms. The van der Waals surface area contributed by atoms with Crippen molar-refractivity contribution in [1.82, 2.24) is 14.9 Å². The molecule has 0 bridgehead atoms. The first-order valence-corrected chi connectivity index (χ1v) is 9.93. The third-order valence-corrected chi connectivity index (χ3v) is 6.68. The summed E-state index contributed by atoms with van der Waals surface area (Å²) in [5, 5.41) is 5.47. The normalized spacial score (nSPS) is 17.6. The molecule has 1 aliphatic heterocycles. The minimum atomic E-state index is -3.85. The van der Waals surface area contributed by atoms with Gasteiger partial charge < -0.3 is 16.4 Å². The summed E-state index contributed by atoms with van der Waals surface area (Å²) < 4.78 is 26.6. The molecule has 27 heavy (non-hydrogen) atoms. The highest BCUT2D eigenvalue weighted by Gasteiger charge is 2.31. The van der Waals surface area contributed by atoms with Gasteiger partial charge in [0.05, 0.1) is 17.0 Å². The minimum absolute atomic E-state index is 0. The van der Waals surface area contributed by atoms with E-state index >= 15 is 0 Å². The average molecular weight is 419 g/mol. The second-order valence-electron chi connectivity index (χ2n) is 6.95. The van der Waals surface area contributed by atoms with Crippen molar-refractivity contribution >= 4 is 34.2 Å². The smallest absolute Gasteiger partial charge is 0.251 e. The molecular weight excluding hydrogens is 392 g/mol. The van der Waals surface area contributed by atoms with Gasteiger partial charge in [0.25, 0.3) is 5.91 Å². The van der Waals surface area contributed by atoms with Crippen LogP contribution in [0.15, 0.2) is 29.2 Å². The zero-order valence-corrected chi connectivity index (χ0v) is 17.3. The lowest BCUT2D eigenvalue weighted by molar-refractivity contribution is -0.122. The van der Waals surface area contributed by atoms with Crippen LogP contribution in [0.3, 0.4) is 0 Å². The van der Waals surface area contributed by atoms with Gasteiger partial charge in [-0.25, -0.2) is 8.42 Å². The zero-order chi connectivity index (χ0) is 19.5. The fraction of sp³-hybridized carbons (Fsp3) is 0.529. The Labute approximate surface area is 166 Å². The van der Waals surface area contributed by atoms with Gasteiger partial charge in [0.15, 0.2) is 0 Å². The van der Waals surface area contributed by atoms with Gasteiger partial charge in [-0.15, -0.1) is 12.4 Å². The molecule has 1 atom stereocenters. The van der Waals surface area contributed by atoms with Gasteiger partial charge in [-0.05, 0) is 31.0 Å². The molecule has 1 aromatic carbocycles. The first-order chi connectivity index (χ1) is 12.1. The highest BCUT2D eigenvalue weighted by molar-refractivity contribution is 7.89. The molecule has 1 aliphatic rings. The maximum Gasteiger partial charge on any atom is 0.251 e. The monoisotopic (exact) mass is 418 g/mol. The first kappa shape index (κ1) is 23.4. The van der Waals surface area contributed by atoms with Crippen molar-refractivity contribution in [3.8, 4) is 0 Å². The molecule has 4 N–H and O–H groups in total. The van der Waals surface area contributed by atoms with Crippen LogP contribution in [0.1, 0.15) is 31.1 Å². The predicted octanol–water partition coefficient (Wildman–Crippen LogP) is 0.332. The van der Waals surface area contributed by atoms with Crippen molar-refractivity contribution < 1.29 is 18.0 Å². The summed E-state index contributed by atoms with van der Waals surface area (Å²) in [5.41, 5.74) is 5.42. The highest BCUT2D eigenvalue weighted by atomic mass is 35.5. The molecule has 0 aliphatic carbocycles. The summed E-state index contributed by atoms with van der Waals surface area (Å²) in [6, 6.07) is 5.81. The van der Waals surface area contributed by atoms with Gasteiger partial charge in [-0.1, -0.05) is 19.9 Å². The van der Waals surface area contributed by atoms with Crippen molar-refractivity contribution in [2.75, 3.05) is 26.2 Å². The number of carbonyl (C=O) groups is 2. The maximum atomic E-state index is 12.8. The second kappa shape index (κ2) is 9.01. The molecule has 0 radical (unpaired) electrons. The van der Waals surface area contributed by atoms with E-state index in [0.29, 0.717) is 0 Å². The van der Waals surface area contributed by atoms with E-state index < -0.39 is 15.6 Å². The summed E-state index contributed by atoms with van der Waals surface area (Å²) in [5.74, 6) is -0.625. The van der Waals surface area contributed by atoms with Crippen LogP contribution < -0.4 is 16.4 Å². The van der Waals surface area contributed by atoms with Crippen LogP contribution in [-0.2, 0) is 14.8 Å². The van der Waals surface area contributed by atoms with Crippen LogP contribution in [-0.4, -0.2) is 56.3 Å². The van der Waals surface area contributed by atoms with E-state index in [1.165, 1.54) is 18.2 Å². The van der Waals surface area contributed by atoms with Crippen molar-refractivity contribution in [3.63, 3.8) is 0 Å². The van der Waals surface area contributed by atoms with Crippen LogP contribution in [0.5, 0.6) is 0 Å². The lowest BCUT2D eigenvalue weighted by atomic mass is 9.88. The van der Waals surface area contributed by atoms with Crippen LogP contribution in [0.2, 0.25) is 0 Å². The van der Waals surface area contributed by atoms with Crippen LogP contribution in [0, 0.1) is 5.92 Å². The van der Waals surface area contributed by atoms with E-state index in [-0.39, 0.29) is 66.8 Å². The van der Waals surface area contributed by atoms with Crippen LogP contribution in [0.25, 0.3) is 0 Å². The van der Waals surface area contributed by atoms with Gasteiger partial charge in [-0.2, -0.15) is 4.31 Å². The molecule has 10 heteroatoms. The van der Waals surface area contributed by atoms with Gasteiger partial charge in [-0.3, -0.25) is 9.59 Å². The summed E-state index contributed by atoms with van der Waals surface area (Å²) in [7, 11) is -3.85. The topological polar surface area (TPSA) is 122 Å². The fourth-order valence-corrected chi connectivity index (χ4v) is 3.97. The van der Waals surface area contributed by atoms with E-state index in [1.807, 2.05) is 20.8 Å². The Bertz CT molecular complexity index is 800. The Morgan fingerprint density at radius 1 is 1.41 bits per heavy atom. The van der Waals surface area contributed by atoms with E-state index in [9.17, 15) is 18.0 Å². The van der Waals surface area contributed by atoms with E-state index in [1.54, 1.807) is 6.07 Å². The van der Waals surface area contributed by atoms with Crippen molar-refractivity contribution in [1.29, 1.82) is 0 Å². The number of benzene rings is 1. The minimum Gasteiger partial charge on any atom is -0.354 e. The van der Waals surface area contributed by atoms with Crippen molar-refractivity contribution in [2.24, 2.45) is 11.7 Å². The Balaban J connectivity index is 0.00000364. The SMILES string of the molecule is CC(C)C(C)(CN)NC(=O)c1cccc(S(=O)(=O)N2CCNC(=O)C2)c1.Cl. The quantitative estimate of drug-likeness (QED) is 0.614. The van der Waals surface area contributed by atoms with Crippen LogP contribution >= 0.6 is 12.4 Å². The summed E-state index contributed by atoms with van der Waals surface area (Å²) in [4.78, 5) is 24.1. The number of rotatable bonds is 6. The number of sulfonamides is 1. The largest absolute Gasteiger partial charge is 0.354 e. The van der Waals surface area contributed by atoms with Crippen molar-refractivity contribution in [2.45, 2.75) is 31.2 Å². The third kappa shape index (κ3) is 5.19. The Morgan fingerprint density at radius 2 is 2.07 bits per heavy atom. The van der Waals surface area contributed by atoms with E-state index in [0.717, 1.165) is 4.31 Å². The number of nitrogens with two attached hydrogens (primary N) is 1. The second-order valence-corrected chi connectivity index (χ2v) is 8.88. The van der Waals surface area contributed by atoms with E-state index in [4.69, 9.17) is 5.73 Å². The molecule has 1 saturated heterocycles. The van der Waals surface area contributed by atoms with Crippen molar-refractivity contribution in [3.05, 3.63) is 29.8 Å². The van der Waals surface area contributed by atoms with Gasteiger partial charge in [0.1, 0.15) is 0 Å². The van der Waals surface area contributed by atoms with Gasteiger partial charge >= 0.3 is 0 Å². The standard InChI is InChI=1S/C17H26N4O4S.ClH/c1-12(2)17(3,11-18)20-16(23)13-5-4-6-14(9-13)26(24,25)21-8-7-19-15(22)10-21;/h4-6,9,12H,7-8,10-11,18H2,1-3H3,(H,19,22)(H,20,23);1H. The average Bonchev–Trinajstić information content (AvgIpc) is 2.61. The summed E-state index contributed by atoms with van der Waals surface area (Å²) >= 11 is 0. The number of amides is 2. The third-order valence-electron chi connectivity index (χ3n) is 4.83. The number of halogens is 1. The first-order valence-electron chi connectivity index (χ1n) is 8.49. The van der Waals surface area contributed by atoms with Gasteiger partial charge in [0.2, 0.25) is 15.9 Å². The number of nitrogens with one attached hydrogen (secondary N) is 2. The Kier molecular flexibility index (Phi) is 7.79. The Morgan fingerprint density at radius 3 is 2.63 bits per heavy atom. The fourth-order valence-electron chi connectivity index (χ4n) is 2.53. The number of carbonyl (C=O) groups excluding carboxylic acids is 2. The summed E-state index contributed by atoms with van der Waals surface area (Å²) in [6.07, 6.45) is 0. The number of hydrogen-bond donors (Lipinski definition) is 3. The lowest BCUT2D eigenvalue weighted by Gasteiger charge is -2.33. The number of hydrogen-bond acceptors (Lipinski definition) is 5.